The van der Waals surface area contributed by atoms with E-state index in [-0.39, 0.29) is 0 Å². The molecule has 0 radical (unpaired) electrons. The molecular formula is C16H24N2. The first kappa shape index (κ1) is 12.0. The van der Waals surface area contributed by atoms with Crippen molar-refractivity contribution in [3.05, 3.63) is 28.8 Å². The number of nitrogens with zero attached hydrogens (tertiary/aromatic N) is 1. The van der Waals surface area contributed by atoms with Crippen molar-refractivity contribution in [1.29, 1.82) is 0 Å². The van der Waals surface area contributed by atoms with E-state index >= 15 is 0 Å². The van der Waals surface area contributed by atoms with Crippen LogP contribution in [0.5, 0.6) is 0 Å². The number of hydrogen-bond donors (Lipinski definition) is 1. The lowest BCUT2D eigenvalue weighted by Crippen LogP contribution is -2.29. The van der Waals surface area contributed by atoms with Crippen LogP contribution in [0.15, 0.2) is 12.1 Å². The molecule has 1 aromatic rings. The summed E-state index contributed by atoms with van der Waals surface area (Å²) >= 11 is 0. The molecule has 0 amide bonds. The SMILES string of the molecule is CN(C)C1CCc2cc(N)cc3c2C(CCC3)C1. The Morgan fingerprint density at radius 3 is 2.56 bits per heavy atom. The van der Waals surface area contributed by atoms with E-state index in [0.29, 0.717) is 0 Å². The Kier molecular flexibility index (Phi) is 3.06. The molecule has 2 aliphatic carbocycles. The lowest BCUT2D eigenvalue weighted by Gasteiger charge is -2.30. The van der Waals surface area contributed by atoms with Crippen molar-refractivity contribution >= 4 is 5.69 Å². The van der Waals surface area contributed by atoms with Crippen LogP contribution in [0.1, 0.15) is 48.3 Å². The van der Waals surface area contributed by atoms with E-state index in [1.54, 1.807) is 16.7 Å². The van der Waals surface area contributed by atoms with Gasteiger partial charge in [-0.15, -0.1) is 0 Å². The second-order valence-electron chi connectivity index (χ2n) is 6.23. The summed E-state index contributed by atoms with van der Waals surface area (Å²) in [4.78, 5) is 2.41. The van der Waals surface area contributed by atoms with Crippen molar-refractivity contribution in [3.8, 4) is 0 Å². The average Bonchev–Trinajstić information content (AvgIpc) is 2.50. The predicted molar refractivity (Wildman–Crippen MR) is 76.9 cm³/mol. The van der Waals surface area contributed by atoms with E-state index in [2.05, 4.69) is 31.1 Å². The van der Waals surface area contributed by atoms with Gasteiger partial charge in [0.05, 0.1) is 0 Å². The molecular weight excluding hydrogens is 220 g/mol. The molecule has 2 atom stereocenters. The minimum atomic E-state index is 0.731. The Bertz CT molecular complexity index is 451. The Labute approximate surface area is 110 Å². The van der Waals surface area contributed by atoms with Gasteiger partial charge in [-0.2, -0.15) is 0 Å². The molecule has 2 N–H and O–H groups in total. The fourth-order valence-electron chi connectivity index (χ4n) is 3.90. The first-order chi connectivity index (χ1) is 8.65. The highest BCUT2D eigenvalue weighted by Crippen LogP contribution is 2.41. The number of rotatable bonds is 1. The molecule has 0 spiro atoms. The smallest absolute Gasteiger partial charge is 0.0319 e. The van der Waals surface area contributed by atoms with Crippen LogP contribution in [0.3, 0.4) is 0 Å². The Hall–Kier alpha value is -1.02. The van der Waals surface area contributed by atoms with Gasteiger partial charge in [-0.05, 0) is 87.4 Å². The van der Waals surface area contributed by atoms with E-state index in [0.717, 1.165) is 17.6 Å². The summed E-state index contributed by atoms with van der Waals surface area (Å²) in [6, 6.07) is 5.19. The quantitative estimate of drug-likeness (QED) is 0.770. The number of benzene rings is 1. The zero-order valence-electron chi connectivity index (χ0n) is 11.6. The van der Waals surface area contributed by atoms with Crippen LogP contribution in [-0.4, -0.2) is 25.0 Å². The summed E-state index contributed by atoms with van der Waals surface area (Å²) in [6.45, 7) is 0. The van der Waals surface area contributed by atoms with Gasteiger partial charge in [0.15, 0.2) is 0 Å². The van der Waals surface area contributed by atoms with Crippen molar-refractivity contribution in [2.24, 2.45) is 0 Å². The number of aryl methyl sites for hydroxylation is 2. The van der Waals surface area contributed by atoms with Crippen LogP contribution in [-0.2, 0) is 12.8 Å². The summed E-state index contributed by atoms with van der Waals surface area (Å²) in [5, 5.41) is 0. The van der Waals surface area contributed by atoms with Gasteiger partial charge in [-0.3, -0.25) is 0 Å². The fourth-order valence-corrected chi connectivity index (χ4v) is 3.90. The summed E-state index contributed by atoms with van der Waals surface area (Å²) in [5.74, 6) is 0.777. The third-order valence-electron chi connectivity index (χ3n) is 4.81. The van der Waals surface area contributed by atoms with Gasteiger partial charge in [0.1, 0.15) is 0 Å². The highest BCUT2D eigenvalue weighted by molar-refractivity contribution is 5.52. The fraction of sp³-hybridized carbons (Fsp3) is 0.625. The van der Waals surface area contributed by atoms with E-state index in [1.807, 2.05) is 0 Å². The standard InChI is InChI=1S/C16H24N2/c1-18(2)15-7-6-13-9-14(17)8-11-4-3-5-12(10-15)16(11)13/h8-9,12,15H,3-7,10,17H2,1-2H3. The third kappa shape index (κ3) is 2.03. The minimum Gasteiger partial charge on any atom is -0.399 e. The van der Waals surface area contributed by atoms with E-state index in [9.17, 15) is 0 Å². The van der Waals surface area contributed by atoms with Crippen molar-refractivity contribution in [3.63, 3.8) is 0 Å². The molecule has 98 valence electrons. The van der Waals surface area contributed by atoms with Crippen LogP contribution in [0.2, 0.25) is 0 Å². The largest absolute Gasteiger partial charge is 0.399 e. The van der Waals surface area contributed by atoms with Crippen molar-refractivity contribution in [1.82, 2.24) is 4.90 Å². The molecule has 0 aliphatic heterocycles. The molecule has 0 fully saturated rings. The maximum atomic E-state index is 6.06. The van der Waals surface area contributed by atoms with Gasteiger partial charge in [0.2, 0.25) is 0 Å². The van der Waals surface area contributed by atoms with Crippen LogP contribution >= 0.6 is 0 Å². The van der Waals surface area contributed by atoms with Gasteiger partial charge in [-0.25, -0.2) is 0 Å². The van der Waals surface area contributed by atoms with Gasteiger partial charge >= 0.3 is 0 Å². The summed E-state index contributed by atoms with van der Waals surface area (Å²) < 4.78 is 0. The molecule has 1 aromatic carbocycles. The molecule has 2 unspecified atom stereocenters. The Balaban J connectivity index is 2.02. The Morgan fingerprint density at radius 1 is 1.11 bits per heavy atom. The van der Waals surface area contributed by atoms with E-state index in [4.69, 9.17) is 5.73 Å². The van der Waals surface area contributed by atoms with Crippen LogP contribution < -0.4 is 5.73 Å². The first-order valence-corrected chi connectivity index (χ1v) is 7.22. The summed E-state index contributed by atoms with van der Waals surface area (Å²) in [7, 11) is 4.44. The molecule has 3 rings (SSSR count). The van der Waals surface area contributed by atoms with Crippen molar-refractivity contribution < 1.29 is 0 Å². The number of nitrogen functional groups attached to an aromatic ring is 1. The maximum absolute atomic E-state index is 6.06. The third-order valence-corrected chi connectivity index (χ3v) is 4.81. The molecule has 0 aromatic heterocycles. The van der Waals surface area contributed by atoms with E-state index < -0.39 is 0 Å². The molecule has 2 aliphatic rings. The molecule has 0 heterocycles. The van der Waals surface area contributed by atoms with Crippen molar-refractivity contribution in [2.45, 2.75) is 50.5 Å². The molecule has 0 saturated heterocycles. The van der Waals surface area contributed by atoms with Gasteiger partial charge in [0.25, 0.3) is 0 Å². The highest BCUT2D eigenvalue weighted by atomic mass is 15.1. The zero-order valence-corrected chi connectivity index (χ0v) is 11.6. The molecule has 2 heteroatoms. The lowest BCUT2D eigenvalue weighted by molar-refractivity contribution is 0.251. The summed E-state index contributed by atoms with van der Waals surface area (Å²) in [6.07, 6.45) is 7.74. The maximum Gasteiger partial charge on any atom is 0.0319 e. The van der Waals surface area contributed by atoms with Gasteiger partial charge in [0, 0.05) is 11.7 Å². The van der Waals surface area contributed by atoms with Crippen LogP contribution in [0, 0.1) is 0 Å². The van der Waals surface area contributed by atoms with Gasteiger partial charge in [-0.1, -0.05) is 0 Å². The molecule has 2 nitrogen and oxygen atoms in total. The minimum absolute atomic E-state index is 0.731. The monoisotopic (exact) mass is 244 g/mol. The average molecular weight is 244 g/mol. The van der Waals surface area contributed by atoms with Gasteiger partial charge < -0.3 is 10.6 Å². The molecule has 18 heavy (non-hydrogen) atoms. The number of anilines is 1. The number of nitrogens with two attached hydrogens (primary N) is 1. The molecule has 0 bridgehead atoms. The van der Waals surface area contributed by atoms with E-state index in [1.165, 1.54) is 38.5 Å². The highest BCUT2D eigenvalue weighted by Gasteiger charge is 2.29. The second-order valence-corrected chi connectivity index (χ2v) is 6.23. The number of hydrogen-bond acceptors (Lipinski definition) is 2. The topological polar surface area (TPSA) is 29.3 Å². The second kappa shape index (κ2) is 4.58. The van der Waals surface area contributed by atoms with Crippen molar-refractivity contribution in [2.75, 3.05) is 19.8 Å². The molecule has 0 saturated carbocycles. The van der Waals surface area contributed by atoms with Crippen LogP contribution in [0.4, 0.5) is 5.69 Å². The van der Waals surface area contributed by atoms with Crippen LogP contribution in [0.25, 0.3) is 0 Å². The zero-order chi connectivity index (χ0) is 12.7. The normalized spacial score (nSPS) is 26.8. The summed E-state index contributed by atoms with van der Waals surface area (Å²) in [5.41, 5.74) is 11.8. The predicted octanol–water partition coefficient (Wildman–Crippen LogP) is 2.96. The Morgan fingerprint density at radius 2 is 1.83 bits per heavy atom. The lowest BCUT2D eigenvalue weighted by atomic mass is 9.78. The first-order valence-electron chi connectivity index (χ1n) is 7.22.